The first-order chi connectivity index (χ1) is 26.1. The van der Waals surface area contributed by atoms with Crippen molar-refractivity contribution >= 4 is 21.8 Å². The summed E-state index contributed by atoms with van der Waals surface area (Å²) in [4.78, 5) is 15.0. The summed E-state index contributed by atoms with van der Waals surface area (Å²) in [5.41, 5.74) is 8.03. The second-order valence-corrected chi connectivity index (χ2v) is 12.6. The Balaban J connectivity index is 1.35. The third kappa shape index (κ3) is 5.69. The van der Waals surface area contributed by atoms with Gasteiger partial charge in [0.15, 0.2) is 17.5 Å². The van der Waals surface area contributed by atoms with Gasteiger partial charge in [-0.15, -0.1) is 0 Å². The number of fused-ring (bicyclic) bond motifs is 3. The van der Waals surface area contributed by atoms with E-state index in [1.54, 1.807) is 0 Å². The van der Waals surface area contributed by atoms with Crippen LogP contribution in [0.5, 0.6) is 0 Å². The second-order valence-electron chi connectivity index (χ2n) is 12.6. The molecule has 0 fully saturated rings. The number of benzene rings is 7. The zero-order valence-electron chi connectivity index (χ0n) is 28.1. The Morgan fingerprint density at radius 1 is 0.453 bits per heavy atom. The van der Waals surface area contributed by atoms with Gasteiger partial charge in [0.05, 0.1) is 28.4 Å². The summed E-state index contributed by atoms with van der Waals surface area (Å²) in [5.74, 6) is 0.148. The molecule has 250 valence electrons. The first-order valence-electron chi connectivity index (χ1n) is 17.1. The summed E-state index contributed by atoms with van der Waals surface area (Å²) in [6.07, 6.45) is 0. The van der Waals surface area contributed by atoms with Crippen LogP contribution in [0.25, 0.3) is 83.9 Å². The van der Waals surface area contributed by atoms with E-state index in [-0.39, 0.29) is 5.56 Å². The second kappa shape index (κ2) is 13.1. The van der Waals surface area contributed by atoms with Crippen molar-refractivity contribution in [2.45, 2.75) is 0 Å². The Kier molecular flexibility index (Phi) is 7.83. The van der Waals surface area contributed by atoms with Crippen molar-refractivity contribution in [3.8, 4) is 68.2 Å². The van der Waals surface area contributed by atoms with Crippen LogP contribution >= 0.6 is 0 Å². The molecule has 0 bridgehead atoms. The predicted octanol–water partition coefficient (Wildman–Crippen LogP) is 11.5. The number of hydrogen-bond acceptors (Lipinski definition) is 4. The fraction of sp³-hybridized carbons (Fsp3) is 0. The summed E-state index contributed by atoms with van der Waals surface area (Å²) < 4.78 is 31.6. The smallest absolute Gasteiger partial charge is 0.166 e. The molecule has 9 aromatic rings. The van der Waals surface area contributed by atoms with Crippen molar-refractivity contribution < 1.29 is 8.78 Å². The lowest BCUT2D eigenvalue weighted by Gasteiger charge is -2.17. The lowest BCUT2D eigenvalue weighted by atomic mass is 9.98. The van der Waals surface area contributed by atoms with Gasteiger partial charge in [-0.1, -0.05) is 109 Å². The fourth-order valence-corrected chi connectivity index (χ4v) is 6.96. The number of nitriles is 1. The molecular weight excluding hydrogens is 661 g/mol. The van der Waals surface area contributed by atoms with Gasteiger partial charge in [-0.3, -0.25) is 0 Å². The van der Waals surface area contributed by atoms with Gasteiger partial charge >= 0.3 is 0 Å². The van der Waals surface area contributed by atoms with Crippen molar-refractivity contribution in [2.75, 3.05) is 0 Å². The van der Waals surface area contributed by atoms with Crippen molar-refractivity contribution in [1.29, 1.82) is 5.26 Å². The molecular formula is C46H27F2N5. The summed E-state index contributed by atoms with van der Waals surface area (Å²) >= 11 is 0. The Bertz CT molecular complexity index is 2820. The summed E-state index contributed by atoms with van der Waals surface area (Å²) in [5, 5.41) is 11.8. The topological polar surface area (TPSA) is 67.4 Å². The van der Waals surface area contributed by atoms with Crippen molar-refractivity contribution in [1.82, 2.24) is 19.5 Å². The molecule has 2 heterocycles. The highest BCUT2D eigenvalue weighted by molar-refractivity contribution is 6.11. The molecule has 0 saturated heterocycles. The van der Waals surface area contributed by atoms with Gasteiger partial charge in [0.25, 0.3) is 0 Å². The van der Waals surface area contributed by atoms with Gasteiger partial charge in [0.1, 0.15) is 11.6 Å². The lowest BCUT2D eigenvalue weighted by Crippen LogP contribution is -2.04. The maximum atomic E-state index is 15.4. The molecule has 0 N–H and O–H groups in total. The van der Waals surface area contributed by atoms with Gasteiger partial charge in [-0.05, 0) is 65.2 Å². The molecule has 0 amide bonds. The number of rotatable bonds is 6. The third-order valence-corrected chi connectivity index (χ3v) is 9.45. The van der Waals surface area contributed by atoms with E-state index >= 15 is 4.39 Å². The molecule has 9 rings (SSSR count). The van der Waals surface area contributed by atoms with E-state index in [9.17, 15) is 9.65 Å². The number of hydrogen-bond donors (Lipinski definition) is 0. The first-order valence-corrected chi connectivity index (χ1v) is 17.1. The largest absolute Gasteiger partial charge is 0.308 e. The van der Waals surface area contributed by atoms with Crippen LogP contribution in [0.3, 0.4) is 0 Å². The monoisotopic (exact) mass is 687 g/mol. The molecule has 0 aliphatic carbocycles. The Hall–Kier alpha value is -7.30. The number of halogens is 2. The molecule has 0 aliphatic rings. The average Bonchev–Trinajstić information content (AvgIpc) is 3.54. The zero-order chi connectivity index (χ0) is 35.9. The predicted molar refractivity (Wildman–Crippen MR) is 206 cm³/mol. The normalized spacial score (nSPS) is 11.2. The summed E-state index contributed by atoms with van der Waals surface area (Å²) in [7, 11) is 0. The van der Waals surface area contributed by atoms with E-state index < -0.39 is 11.6 Å². The molecule has 53 heavy (non-hydrogen) atoms. The number of para-hydroxylation sites is 1. The standard InChI is InChI=1S/C46H27F2N5/c47-34-21-23-36(40(48)27-34)32-19-22-38(46-51-44(29-11-3-1-4-12-29)50-45(52-46)30-13-5-2-6-14-30)43(26-32)53-41-18-10-9-17-37(41)39-25-31(20-24-42(39)53)35-16-8-7-15-33(35)28-49/h1-27H. The number of nitrogens with zero attached hydrogens (tertiary/aromatic N) is 5. The van der Waals surface area contributed by atoms with Crippen molar-refractivity contribution in [3.63, 3.8) is 0 Å². The van der Waals surface area contributed by atoms with Gasteiger partial charge in [0, 0.05) is 39.1 Å². The highest BCUT2D eigenvalue weighted by Crippen LogP contribution is 2.40. The van der Waals surface area contributed by atoms with E-state index in [0.717, 1.165) is 50.1 Å². The highest BCUT2D eigenvalue weighted by Gasteiger charge is 2.21. The Labute approximate surface area is 303 Å². The van der Waals surface area contributed by atoms with E-state index in [1.165, 1.54) is 12.1 Å². The minimum Gasteiger partial charge on any atom is -0.308 e. The van der Waals surface area contributed by atoms with Crippen LogP contribution in [0.1, 0.15) is 5.56 Å². The summed E-state index contributed by atoms with van der Waals surface area (Å²) in [6, 6.07) is 52.9. The lowest BCUT2D eigenvalue weighted by molar-refractivity contribution is 0.585. The van der Waals surface area contributed by atoms with Crippen LogP contribution in [0.4, 0.5) is 8.78 Å². The van der Waals surface area contributed by atoms with Crippen LogP contribution in [0.15, 0.2) is 164 Å². The van der Waals surface area contributed by atoms with Gasteiger partial charge in [-0.2, -0.15) is 5.26 Å². The molecule has 2 aromatic heterocycles. The molecule has 0 radical (unpaired) electrons. The zero-order valence-corrected chi connectivity index (χ0v) is 28.1. The van der Waals surface area contributed by atoms with Crippen LogP contribution in [-0.2, 0) is 0 Å². The van der Waals surface area contributed by atoms with Gasteiger partial charge in [0.2, 0.25) is 0 Å². The molecule has 0 atom stereocenters. The van der Waals surface area contributed by atoms with Crippen molar-refractivity contribution in [2.24, 2.45) is 0 Å². The molecule has 7 aromatic carbocycles. The van der Waals surface area contributed by atoms with Gasteiger partial charge < -0.3 is 4.57 Å². The quantitative estimate of drug-likeness (QED) is 0.174. The Morgan fingerprint density at radius 2 is 1.04 bits per heavy atom. The molecule has 0 saturated carbocycles. The molecule has 0 unspecified atom stereocenters. The van der Waals surface area contributed by atoms with E-state index in [1.807, 2.05) is 133 Å². The van der Waals surface area contributed by atoms with Crippen molar-refractivity contribution in [3.05, 3.63) is 181 Å². The average molecular weight is 688 g/mol. The number of aromatic nitrogens is 4. The van der Waals surface area contributed by atoms with Crippen LogP contribution in [-0.4, -0.2) is 19.5 Å². The van der Waals surface area contributed by atoms with Crippen LogP contribution < -0.4 is 0 Å². The maximum Gasteiger partial charge on any atom is 0.166 e. The SMILES string of the molecule is N#Cc1ccccc1-c1ccc2c(c1)c1ccccc1n2-c1cc(-c2ccc(F)cc2F)ccc1-c1nc(-c2ccccc2)nc(-c2ccccc2)n1. The minimum atomic E-state index is -0.662. The summed E-state index contributed by atoms with van der Waals surface area (Å²) in [6.45, 7) is 0. The van der Waals surface area contributed by atoms with E-state index in [2.05, 4.69) is 22.8 Å². The molecule has 5 nitrogen and oxygen atoms in total. The van der Waals surface area contributed by atoms with Gasteiger partial charge in [-0.25, -0.2) is 23.7 Å². The van der Waals surface area contributed by atoms with Crippen LogP contribution in [0, 0.1) is 23.0 Å². The minimum absolute atomic E-state index is 0.265. The first kappa shape index (κ1) is 31.7. The third-order valence-electron chi connectivity index (χ3n) is 9.45. The van der Waals surface area contributed by atoms with Crippen LogP contribution in [0.2, 0.25) is 0 Å². The maximum absolute atomic E-state index is 15.4. The Morgan fingerprint density at radius 3 is 1.75 bits per heavy atom. The fourth-order valence-electron chi connectivity index (χ4n) is 6.96. The highest BCUT2D eigenvalue weighted by atomic mass is 19.1. The molecule has 0 aliphatic heterocycles. The molecule has 0 spiro atoms. The van der Waals surface area contributed by atoms with E-state index in [4.69, 9.17) is 15.0 Å². The molecule has 7 heteroatoms. The van der Waals surface area contributed by atoms with E-state index in [0.29, 0.717) is 39.9 Å².